The Morgan fingerprint density at radius 2 is 1.62 bits per heavy atom. The number of hydrogen-bond donors (Lipinski definition) is 3. The third kappa shape index (κ3) is 5.22. The van der Waals surface area contributed by atoms with Crippen LogP contribution in [0.15, 0.2) is 48.5 Å². The summed E-state index contributed by atoms with van der Waals surface area (Å²) in [5.74, 6) is -7.00. The molecule has 0 aliphatic heterocycles. The smallest absolute Gasteiger partial charge is 0.407 e. The lowest BCUT2D eigenvalue weighted by molar-refractivity contribution is -0.146. The van der Waals surface area contributed by atoms with Gasteiger partial charge in [-0.05, 0) is 28.7 Å². The molecule has 0 saturated carbocycles. The number of alkyl halides is 2. The summed E-state index contributed by atoms with van der Waals surface area (Å²) in [5.41, 5.74) is 4.03. The van der Waals surface area contributed by atoms with Crippen LogP contribution in [-0.2, 0) is 14.3 Å². The fraction of sp³-hybridized carbons (Fsp3) is 0.348. The first-order valence-corrected chi connectivity index (χ1v) is 10.2. The number of carbonyl (C=O) groups excluding carboxylic acids is 2. The zero-order valence-corrected chi connectivity index (χ0v) is 17.4. The van der Waals surface area contributed by atoms with Crippen LogP contribution < -0.4 is 10.6 Å². The van der Waals surface area contributed by atoms with E-state index in [4.69, 9.17) is 9.84 Å². The van der Waals surface area contributed by atoms with Crippen LogP contribution in [0.1, 0.15) is 36.8 Å². The van der Waals surface area contributed by atoms with Crippen LogP contribution in [0, 0.1) is 0 Å². The van der Waals surface area contributed by atoms with Crippen molar-refractivity contribution in [3.63, 3.8) is 0 Å². The van der Waals surface area contributed by atoms with Crippen molar-refractivity contribution < 1.29 is 33.0 Å². The molecule has 9 heteroatoms. The second kappa shape index (κ2) is 9.76. The monoisotopic (exact) mass is 446 g/mol. The van der Waals surface area contributed by atoms with E-state index < -0.39 is 42.9 Å². The summed E-state index contributed by atoms with van der Waals surface area (Å²) in [6.07, 6.45) is -1.37. The van der Waals surface area contributed by atoms with Crippen LogP contribution in [0.3, 0.4) is 0 Å². The molecule has 0 heterocycles. The van der Waals surface area contributed by atoms with Crippen LogP contribution in [0.5, 0.6) is 0 Å². The quantitative estimate of drug-likeness (QED) is 0.547. The third-order valence-electron chi connectivity index (χ3n) is 5.38. The normalized spacial score (nSPS) is 13.6. The van der Waals surface area contributed by atoms with Crippen molar-refractivity contribution in [1.29, 1.82) is 0 Å². The van der Waals surface area contributed by atoms with E-state index in [0.717, 1.165) is 22.3 Å². The summed E-state index contributed by atoms with van der Waals surface area (Å²) in [5, 5.41) is 12.7. The van der Waals surface area contributed by atoms with Crippen molar-refractivity contribution in [3.8, 4) is 11.1 Å². The molecule has 2 amide bonds. The third-order valence-corrected chi connectivity index (χ3v) is 5.38. The molecule has 1 aliphatic rings. The number of fused-ring (bicyclic) bond motifs is 3. The van der Waals surface area contributed by atoms with Crippen LogP contribution in [-0.4, -0.2) is 48.2 Å². The van der Waals surface area contributed by atoms with Gasteiger partial charge in [-0.3, -0.25) is 9.59 Å². The highest BCUT2D eigenvalue weighted by molar-refractivity contribution is 5.85. The molecule has 1 aliphatic carbocycles. The van der Waals surface area contributed by atoms with Crippen molar-refractivity contribution in [1.82, 2.24) is 10.6 Å². The highest BCUT2D eigenvalue weighted by Crippen LogP contribution is 2.44. The number of ether oxygens (including phenoxy) is 1. The topological polar surface area (TPSA) is 105 Å². The molecular formula is C23H24F2N2O5. The van der Waals surface area contributed by atoms with Gasteiger partial charge in [0.05, 0.1) is 13.0 Å². The Bertz CT molecular complexity index is 966. The van der Waals surface area contributed by atoms with Gasteiger partial charge in [0.1, 0.15) is 6.61 Å². The minimum absolute atomic E-state index is 0.0475. The van der Waals surface area contributed by atoms with Crippen molar-refractivity contribution in [2.75, 3.05) is 13.2 Å². The van der Waals surface area contributed by atoms with Crippen molar-refractivity contribution in [2.24, 2.45) is 0 Å². The zero-order valence-electron chi connectivity index (χ0n) is 17.4. The molecule has 2 aromatic rings. The second-order valence-corrected chi connectivity index (χ2v) is 7.56. The summed E-state index contributed by atoms with van der Waals surface area (Å²) in [6, 6.07) is 14.5. The molecule has 0 spiro atoms. The highest BCUT2D eigenvalue weighted by atomic mass is 19.3. The molecule has 0 bridgehead atoms. The van der Waals surface area contributed by atoms with Gasteiger partial charge in [-0.15, -0.1) is 0 Å². The Kier molecular flexibility index (Phi) is 7.07. The summed E-state index contributed by atoms with van der Waals surface area (Å²) >= 11 is 0. The van der Waals surface area contributed by atoms with E-state index in [0.29, 0.717) is 0 Å². The fourth-order valence-corrected chi connectivity index (χ4v) is 3.71. The molecule has 1 atom stereocenters. The summed E-state index contributed by atoms with van der Waals surface area (Å²) in [4.78, 5) is 34.6. The Labute approximate surface area is 183 Å². The lowest BCUT2D eigenvalue weighted by atomic mass is 9.98. The average Bonchev–Trinajstić information content (AvgIpc) is 3.09. The first-order chi connectivity index (χ1) is 15.2. The number of alkyl carbamates (subject to hydrolysis) is 1. The van der Waals surface area contributed by atoms with Gasteiger partial charge in [0, 0.05) is 12.0 Å². The van der Waals surface area contributed by atoms with Crippen LogP contribution in [0.2, 0.25) is 0 Å². The summed E-state index contributed by atoms with van der Waals surface area (Å²) < 4.78 is 33.4. The maximum Gasteiger partial charge on any atom is 0.407 e. The SMILES string of the molecule is CC[C@@H](CC(=O)O)NC(=O)C(F)(F)CNC(=O)OCC1c2ccccc2-c2ccccc21. The maximum absolute atomic E-state index is 14.1. The number of amides is 2. The van der Waals surface area contributed by atoms with Crippen molar-refractivity contribution >= 4 is 18.0 Å². The van der Waals surface area contributed by atoms with Gasteiger partial charge in [0.25, 0.3) is 5.91 Å². The molecule has 3 rings (SSSR count). The molecule has 2 aromatic carbocycles. The minimum atomic E-state index is -3.92. The fourth-order valence-electron chi connectivity index (χ4n) is 3.71. The van der Waals surface area contributed by atoms with Crippen LogP contribution in [0.4, 0.5) is 13.6 Å². The highest BCUT2D eigenvalue weighted by Gasteiger charge is 2.40. The van der Waals surface area contributed by atoms with E-state index in [9.17, 15) is 23.2 Å². The van der Waals surface area contributed by atoms with Crippen molar-refractivity contribution in [2.45, 2.75) is 37.6 Å². The minimum Gasteiger partial charge on any atom is -0.481 e. The molecule has 32 heavy (non-hydrogen) atoms. The van der Waals surface area contributed by atoms with Crippen molar-refractivity contribution in [3.05, 3.63) is 59.7 Å². The second-order valence-electron chi connectivity index (χ2n) is 7.56. The van der Waals surface area contributed by atoms with E-state index in [1.54, 1.807) is 6.92 Å². The first-order valence-electron chi connectivity index (χ1n) is 10.2. The van der Waals surface area contributed by atoms with Gasteiger partial charge in [-0.1, -0.05) is 55.5 Å². The molecule has 170 valence electrons. The van der Waals surface area contributed by atoms with Gasteiger partial charge in [0.2, 0.25) is 0 Å². The molecule has 0 radical (unpaired) electrons. The average molecular weight is 446 g/mol. The zero-order chi connectivity index (χ0) is 23.3. The lowest BCUT2D eigenvalue weighted by Gasteiger charge is -2.21. The number of aliphatic carboxylic acids is 1. The van der Waals surface area contributed by atoms with E-state index in [1.165, 1.54) is 0 Å². The number of halogens is 2. The number of benzene rings is 2. The van der Waals surface area contributed by atoms with E-state index in [2.05, 4.69) is 0 Å². The van der Waals surface area contributed by atoms with E-state index >= 15 is 0 Å². The Hall–Kier alpha value is -3.49. The molecule has 0 aromatic heterocycles. The number of carboxylic acid groups (broad SMARTS) is 1. The first kappa shape index (κ1) is 23.2. The van der Waals surface area contributed by atoms with Gasteiger partial charge >= 0.3 is 18.0 Å². The number of rotatable bonds is 9. The Morgan fingerprint density at radius 1 is 1.06 bits per heavy atom. The van der Waals surface area contributed by atoms with Gasteiger partial charge in [-0.25, -0.2) is 4.79 Å². The van der Waals surface area contributed by atoms with Gasteiger partial charge in [-0.2, -0.15) is 8.78 Å². The number of carboxylic acids is 1. The summed E-state index contributed by atoms with van der Waals surface area (Å²) in [6.45, 7) is 0.258. The van der Waals surface area contributed by atoms with E-state index in [-0.39, 0.29) is 18.9 Å². The number of carbonyl (C=O) groups is 3. The molecular weight excluding hydrogens is 422 g/mol. The van der Waals surface area contributed by atoms with E-state index in [1.807, 2.05) is 59.2 Å². The molecule has 0 fully saturated rings. The lowest BCUT2D eigenvalue weighted by Crippen LogP contribution is -2.51. The predicted molar refractivity (Wildman–Crippen MR) is 112 cm³/mol. The van der Waals surface area contributed by atoms with Gasteiger partial charge < -0.3 is 20.5 Å². The predicted octanol–water partition coefficient (Wildman–Crippen LogP) is 3.53. The maximum atomic E-state index is 14.1. The van der Waals surface area contributed by atoms with Crippen LogP contribution in [0.25, 0.3) is 11.1 Å². The summed E-state index contributed by atoms with van der Waals surface area (Å²) in [7, 11) is 0. The number of hydrogen-bond acceptors (Lipinski definition) is 4. The van der Waals surface area contributed by atoms with Crippen LogP contribution >= 0.6 is 0 Å². The van der Waals surface area contributed by atoms with Gasteiger partial charge in [0.15, 0.2) is 0 Å². The molecule has 3 N–H and O–H groups in total. The Morgan fingerprint density at radius 3 is 2.16 bits per heavy atom. The molecule has 0 unspecified atom stereocenters. The molecule has 7 nitrogen and oxygen atoms in total. The Balaban J connectivity index is 1.55. The standard InChI is InChI=1S/C23H24F2N2O5/c1-2-14(11-20(28)29)27-21(30)23(24,25)13-26-22(31)32-12-19-17-9-5-3-7-15(17)16-8-4-6-10-18(16)19/h3-10,14,19H,2,11-13H2,1H3,(H,26,31)(H,27,30)(H,28,29)/t14-/m0/s1. The largest absolute Gasteiger partial charge is 0.481 e. The number of nitrogens with one attached hydrogen (secondary N) is 2. The molecule has 0 saturated heterocycles.